The molecule has 0 saturated heterocycles. The van der Waals surface area contributed by atoms with Gasteiger partial charge in [-0.25, -0.2) is 4.79 Å². The first-order chi connectivity index (χ1) is 21.7. The highest BCUT2D eigenvalue weighted by Gasteiger charge is 2.32. The summed E-state index contributed by atoms with van der Waals surface area (Å²) in [6.07, 6.45) is 0. The van der Waals surface area contributed by atoms with Crippen LogP contribution in [-0.2, 0) is 6.61 Å². The van der Waals surface area contributed by atoms with Gasteiger partial charge in [0.25, 0.3) is 0 Å². The van der Waals surface area contributed by atoms with Crippen molar-refractivity contribution in [1.82, 2.24) is 0 Å². The molecular weight excluding hydrogens is 655 g/mol. The Morgan fingerprint density at radius 2 is 1.84 bits per heavy atom. The van der Waals surface area contributed by atoms with Crippen LogP contribution in [0.4, 0.5) is 0 Å². The molecule has 4 aromatic carbocycles. The van der Waals surface area contributed by atoms with Crippen LogP contribution in [0.1, 0.15) is 37.8 Å². The second-order valence-corrected chi connectivity index (χ2v) is 12.5. The third-order valence-corrected chi connectivity index (χ3v) is 9.51. The average Bonchev–Trinajstić information content (AvgIpc) is 3.35. The predicted molar refractivity (Wildman–Crippen MR) is 176 cm³/mol. The Hall–Kier alpha value is -4.39. The number of hydrogen-bond donors (Lipinski definition) is 1. The molecule has 226 valence electrons. The first kappa shape index (κ1) is 30.6. The first-order valence-corrected chi connectivity index (χ1v) is 15.5. The number of benzene rings is 4. The average molecular weight is 678 g/mol. The van der Waals surface area contributed by atoms with Crippen molar-refractivity contribution in [3.8, 4) is 29.1 Å². The van der Waals surface area contributed by atoms with E-state index in [2.05, 4.69) is 6.07 Å². The monoisotopic (exact) mass is 676 g/mol. The number of carbonyl (C=O) groups excluding carboxylic acids is 1. The molecule has 11 heteroatoms. The summed E-state index contributed by atoms with van der Waals surface area (Å²) in [7, 11) is 1.53. The van der Waals surface area contributed by atoms with Crippen LogP contribution in [0.2, 0.25) is 15.1 Å². The SMILES string of the molecule is COc1cc(C2C(C#N)=C(N)Oc3cc(OC(=O)c4sc5cc(C)ccc5c4Cl)ccc32)ccc1OCc1ccc(Cl)cc1Cl. The molecule has 7 nitrogen and oxygen atoms in total. The minimum absolute atomic E-state index is 0.0573. The van der Waals surface area contributed by atoms with Crippen molar-refractivity contribution in [2.24, 2.45) is 5.73 Å². The van der Waals surface area contributed by atoms with Crippen LogP contribution in [0.3, 0.4) is 0 Å². The first-order valence-electron chi connectivity index (χ1n) is 13.5. The number of ether oxygens (including phenoxy) is 4. The highest BCUT2D eigenvalue weighted by molar-refractivity contribution is 7.21. The summed E-state index contributed by atoms with van der Waals surface area (Å²) in [5.74, 6) is 0.270. The largest absolute Gasteiger partial charge is 0.493 e. The smallest absolute Gasteiger partial charge is 0.355 e. The second-order valence-electron chi connectivity index (χ2n) is 10.2. The number of hydrogen-bond acceptors (Lipinski definition) is 8. The number of fused-ring (bicyclic) bond motifs is 2. The molecule has 1 aliphatic rings. The Bertz CT molecular complexity index is 2070. The molecule has 5 aromatic rings. The number of thiophene rings is 1. The Morgan fingerprint density at radius 3 is 2.60 bits per heavy atom. The minimum atomic E-state index is -0.590. The molecule has 6 rings (SSSR count). The van der Waals surface area contributed by atoms with E-state index >= 15 is 0 Å². The number of methoxy groups -OCH3 is 1. The van der Waals surface area contributed by atoms with Gasteiger partial charge in [0.05, 0.1) is 18.1 Å². The Labute approximate surface area is 277 Å². The van der Waals surface area contributed by atoms with Crippen molar-refractivity contribution in [2.75, 3.05) is 7.11 Å². The summed E-state index contributed by atoms with van der Waals surface area (Å²) in [4.78, 5) is 13.4. The van der Waals surface area contributed by atoms with Crippen molar-refractivity contribution < 1.29 is 23.7 Å². The van der Waals surface area contributed by atoms with Crippen LogP contribution in [0.15, 0.2) is 84.3 Å². The van der Waals surface area contributed by atoms with Crippen molar-refractivity contribution in [1.29, 1.82) is 5.26 Å². The van der Waals surface area contributed by atoms with Gasteiger partial charge in [-0.15, -0.1) is 11.3 Å². The van der Waals surface area contributed by atoms with E-state index in [0.29, 0.717) is 48.3 Å². The molecule has 45 heavy (non-hydrogen) atoms. The number of nitrogens with zero attached hydrogens (tertiary/aromatic N) is 1. The van der Waals surface area contributed by atoms with E-state index in [1.165, 1.54) is 18.4 Å². The Kier molecular flexibility index (Phi) is 8.54. The predicted octanol–water partition coefficient (Wildman–Crippen LogP) is 9.19. The van der Waals surface area contributed by atoms with E-state index in [4.69, 9.17) is 59.5 Å². The number of aryl methyl sites for hydroxylation is 1. The number of rotatable bonds is 7. The van der Waals surface area contributed by atoms with Gasteiger partial charge in [-0.1, -0.05) is 65.1 Å². The number of carbonyl (C=O) groups is 1. The molecule has 0 fully saturated rings. The normalized spacial score (nSPS) is 14.0. The second kappa shape index (κ2) is 12.5. The molecule has 0 amide bonds. The van der Waals surface area contributed by atoms with E-state index in [0.717, 1.165) is 21.2 Å². The molecule has 0 saturated carbocycles. The van der Waals surface area contributed by atoms with Crippen LogP contribution >= 0.6 is 46.1 Å². The third kappa shape index (κ3) is 6.00. The Balaban J connectivity index is 1.28. The van der Waals surface area contributed by atoms with E-state index in [1.807, 2.05) is 31.2 Å². The lowest BCUT2D eigenvalue weighted by Gasteiger charge is -2.27. The lowest BCUT2D eigenvalue weighted by atomic mass is 9.83. The van der Waals surface area contributed by atoms with Gasteiger partial charge in [0.1, 0.15) is 34.6 Å². The number of nitriles is 1. The lowest BCUT2D eigenvalue weighted by Crippen LogP contribution is -2.21. The van der Waals surface area contributed by atoms with Crippen LogP contribution in [-0.4, -0.2) is 13.1 Å². The van der Waals surface area contributed by atoms with E-state index in [-0.39, 0.29) is 23.8 Å². The Morgan fingerprint density at radius 1 is 1.02 bits per heavy atom. The minimum Gasteiger partial charge on any atom is -0.493 e. The fourth-order valence-corrected chi connectivity index (χ4v) is 7.02. The van der Waals surface area contributed by atoms with Crippen molar-refractivity contribution in [2.45, 2.75) is 19.4 Å². The third-order valence-electron chi connectivity index (χ3n) is 7.29. The van der Waals surface area contributed by atoms with E-state index < -0.39 is 11.9 Å². The zero-order valence-electron chi connectivity index (χ0n) is 23.8. The highest BCUT2D eigenvalue weighted by Crippen LogP contribution is 2.45. The maximum atomic E-state index is 13.1. The molecule has 2 heterocycles. The fraction of sp³-hybridized carbons (Fsp3) is 0.118. The van der Waals surface area contributed by atoms with Gasteiger partial charge in [0.2, 0.25) is 5.88 Å². The van der Waals surface area contributed by atoms with Crippen LogP contribution in [0.5, 0.6) is 23.0 Å². The zero-order valence-corrected chi connectivity index (χ0v) is 26.9. The maximum absolute atomic E-state index is 13.1. The summed E-state index contributed by atoms with van der Waals surface area (Å²) < 4.78 is 24.1. The van der Waals surface area contributed by atoms with Gasteiger partial charge in [0.15, 0.2) is 11.5 Å². The topological polar surface area (TPSA) is 104 Å². The lowest BCUT2D eigenvalue weighted by molar-refractivity contribution is 0.0740. The molecule has 0 aliphatic carbocycles. The summed E-state index contributed by atoms with van der Waals surface area (Å²) in [6, 6.07) is 23.5. The molecule has 0 radical (unpaired) electrons. The van der Waals surface area contributed by atoms with Crippen molar-refractivity contribution in [3.63, 3.8) is 0 Å². The summed E-state index contributed by atoms with van der Waals surface area (Å²) in [5, 5.41) is 12.2. The van der Waals surface area contributed by atoms with Gasteiger partial charge in [0, 0.05) is 37.3 Å². The number of nitrogens with two attached hydrogens (primary N) is 1. The van der Waals surface area contributed by atoms with Gasteiger partial charge in [-0.05, 0) is 54.4 Å². The number of allylic oxidation sites excluding steroid dienone is 1. The van der Waals surface area contributed by atoms with Gasteiger partial charge >= 0.3 is 5.97 Å². The van der Waals surface area contributed by atoms with Gasteiger partial charge in [-0.3, -0.25) is 0 Å². The molecule has 1 unspecified atom stereocenters. The van der Waals surface area contributed by atoms with Crippen LogP contribution < -0.4 is 24.7 Å². The van der Waals surface area contributed by atoms with Crippen LogP contribution in [0, 0.1) is 18.3 Å². The quantitative estimate of drug-likeness (QED) is 0.135. The van der Waals surface area contributed by atoms with Crippen molar-refractivity contribution >= 4 is 62.2 Å². The fourth-order valence-electron chi connectivity index (χ4n) is 5.08. The molecule has 2 N–H and O–H groups in total. The molecule has 0 bridgehead atoms. The highest BCUT2D eigenvalue weighted by atomic mass is 35.5. The van der Waals surface area contributed by atoms with Crippen molar-refractivity contribution in [3.05, 3.63) is 126 Å². The molecule has 1 aromatic heterocycles. The summed E-state index contributed by atoms with van der Waals surface area (Å²) in [6.45, 7) is 2.16. The molecular formula is C34H23Cl3N2O5S. The molecule has 0 spiro atoms. The number of halogens is 3. The number of esters is 1. The van der Waals surface area contributed by atoms with E-state index in [1.54, 1.807) is 48.5 Å². The molecule has 1 atom stereocenters. The zero-order chi connectivity index (χ0) is 31.8. The van der Waals surface area contributed by atoms with Crippen LogP contribution in [0.25, 0.3) is 10.1 Å². The summed E-state index contributed by atoms with van der Waals surface area (Å²) in [5.41, 5.74) is 9.63. The van der Waals surface area contributed by atoms with E-state index in [9.17, 15) is 10.1 Å². The van der Waals surface area contributed by atoms with Gasteiger partial charge in [-0.2, -0.15) is 5.26 Å². The standard InChI is InChI=1S/C34H23Cl3N2O5S/c1-17-3-8-23-29(11-17)45-32(31(23)37)34(40)43-21-7-9-22-27(14-21)44-33(39)24(15-38)30(22)18-5-10-26(28(12-18)41-2)42-16-19-4-6-20(35)13-25(19)36/h3-14,30H,16,39H2,1-2H3. The van der Waals surface area contributed by atoms with Gasteiger partial charge < -0.3 is 24.7 Å². The maximum Gasteiger partial charge on any atom is 0.355 e. The summed E-state index contributed by atoms with van der Waals surface area (Å²) >= 11 is 20.1. The molecule has 1 aliphatic heterocycles.